The number of anilines is 1. The highest BCUT2D eigenvalue weighted by Gasteiger charge is 2.12. The first-order valence-corrected chi connectivity index (χ1v) is 6.45. The second kappa shape index (κ2) is 5.10. The minimum atomic E-state index is 0.452. The molecule has 2 N–H and O–H groups in total. The number of nitrogen functional groups attached to an aromatic ring is 1. The first-order valence-electron chi connectivity index (χ1n) is 6.45. The zero-order chi connectivity index (χ0) is 14.8. The summed E-state index contributed by atoms with van der Waals surface area (Å²) in [5, 5.41) is 9.08. The van der Waals surface area contributed by atoms with Crippen molar-refractivity contribution in [3.63, 3.8) is 0 Å². The van der Waals surface area contributed by atoms with E-state index in [0.717, 1.165) is 22.5 Å². The molecule has 0 saturated heterocycles. The van der Waals surface area contributed by atoms with Crippen LogP contribution in [0.1, 0.15) is 11.1 Å². The molecule has 5 heteroatoms. The second-order valence-corrected chi connectivity index (χ2v) is 4.70. The summed E-state index contributed by atoms with van der Waals surface area (Å²) < 4.78 is 1.92. The van der Waals surface area contributed by atoms with Crippen molar-refractivity contribution in [2.75, 3.05) is 5.73 Å². The van der Waals surface area contributed by atoms with Gasteiger partial charge in [0.05, 0.1) is 35.5 Å². The Bertz CT molecular complexity index is 842. The summed E-state index contributed by atoms with van der Waals surface area (Å²) in [6.45, 7) is 1.99. The first-order chi connectivity index (χ1) is 10.2. The molecule has 0 saturated carbocycles. The van der Waals surface area contributed by atoms with Crippen LogP contribution in [0.3, 0.4) is 0 Å². The van der Waals surface area contributed by atoms with Gasteiger partial charge in [0.15, 0.2) is 0 Å². The predicted octanol–water partition coefficient (Wildman–Crippen LogP) is 2.70. The van der Waals surface area contributed by atoms with Crippen LogP contribution in [0, 0.1) is 18.3 Å². The summed E-state index contributed by atoms with van der Waals surface area (Å²) in [7, 11) is 0. The fraction of sp³-hybridized carbons (Fsp3) is 0.0625. The van der Waals surface area contributed by atoms with Crippen molar-refractivity contribution >= 4 is 5.82 Å². The molecule has 3 rings (SSSR count). The molecule has 102 valence electrons. The number of hydrogen-bond donors (Lipinski definition) is 1. The van der Waals surface area contributed by atoms with Crippen LogP contribution >= 0.6 is 0 Å². The third-order valence-electron chi connectivity index (χ3n) is 3.35. The molecule has 3 aromatic rings. The minimum absolute atomic E-state index is 0.452. The molecule has 0 aliphatic rings. The highest BCUT2D eigenvalue weighted by molar-refractivity contribution is 5.72. The van der Waals surface area contributed by atoms with E-state index >= 15 is 0 Å². The molecular weight excluding hydrogens is 262 g/mol. The lowest BCUT2D eigenvalue weighted by atomic mass is 10.1. The molecule has 0 aliphatic heterocycles. The highest BCUT2D eigenvalue weighted by atomic mass is 15.1. The van der Waals surface area contributed by atoms with E-state index in [-0.39, 0.29) is 0 Å². The number of nitrogens with zero attached hydrogens (tertiary/aromatic N) is 4. The van der Waals surface area contributed by atoms with Crippen LogP contribution in [-0.2, 0) is 0 Å². The van der Waals surface area contributed by atoms with Gasteiger partial charge in [-0.15, -0.1) is 0 Å². The van der Waals surface area contributed by atoms with E-state index in [0.29, 0.717) is 11.4 Å². The van der Waals surface area contributed by atoms with Gasteiger partial charge in [-0.25, -0.2) is 9.97 Å². The number of hydrogen-bond acceptors (Lipinski definition) is 4. The lowest BCUT2D eigenvalue weighted by Crippen LogP contribution is -2.01. The number of nitriles is 1. The van der Waals surface area contributed by atoms with Gasteiger partial charge in [-0.3, -0.25) is 4.57 Å². The number of pyridine rings is 1. The Labute approximate surface area is 122 Å². The van der Waals surface area contributed by atoms with Crippen molar-refractivity contribution in [3.05, 3.63) is 60.2 Å². The van der Waals surface area contributed by atoms with Crippen molar-refractivity contribution in [1.29, 1.82) is 5.26 Å². The number of aromatic nitrogens is 3. The number of benzene rings is 1. The lowest BCUT2D eigenvalue weighted by Gasteiger charge is -2.12. The van der Waals surface area contributed by atoms with E-state index in [2.05, 4.69) is 16.0 Å². The minimum Gasteiger partial charge on any atom is -0.383 e. The maximum atomic E-state index is 9.08. The number of aryl methyl sites for hydroxylation is 1. The van der Waals surface area contributed by atoms with Crippen molar-refractivity contribution in [2.24, 2.45) is 0 Å². The maximum Gasteiger partial charge on any atom is 0.132 e. The van der Waals surface area contributed by atoms with Crippen LogP contribution in [0.5, 0.6) is 0 Å². The van der Waals surface area contributed by atoms with Gasteiger partial charge in [0, 0.05) is 11.8 Å². The summed E-state index contributed by atoms with van der Waals surface area (Å²) >= 11 is 0. The van der Waals surface area contributed by atoms with Gasteiger partial charge in [-0.2, -0.15) is 5.26 Å². The van der Waals surface area contributed by atoms with Gasteiger partial charge in [-0.1, -0.05) is 6.07 Å². The molecule has 0 bridgehead atoms. The van der Waals surface area contributed by atoms with Crippen molar-refractivity contribution in [3.8, 4) is 23.0 Å². The molecule has 0 atom stereocenters. The molecule has 1 aromatic carbocycles. The third kappa shape index (κ3) is 2.23. The zero-order valence-corrected chi connectivity index (χ0v) is 11.5. The molecule has 2 heterocycles. The Hall–Kier alpha value is -3.13. The summed E-state index contributed by atoms with van der Waals surface area (Å²) in [6.07, 6.45) is 5.11. The normalized spacial score (nSPS) is 10.3. The molecule has 0 spiro atoms. The molecule has 0 amide bonds. The van der Waals surface area contributed by atoms with E-state index in [1.165, 1.54) is 0 Å². The van der Waals surface area contributed by atoms with Gasteiger partial charge < -0.3 is 5.73 Å². The predicted molar refractivity (Wildman–Crippen MR) is 80.7 cm³/mol. The fourth-order valence-electron chi connectivity index (χ4n) is 2.26. The van der Waals surface area contributed by atoms with Crippen LogP contribution < -0.4 is 5.73 Å². The molecule has 5 nitrogen and oxygen atoms in total. The Morgan fingerprint density at radius 3 is 2.90 bits per heavy atom. The van der Waals surface area contributed by atoms with Crippen molar-refractivity contribution in [2.45, 2.75) is 6.92 Å². The van der Waals surface area contributed by atoms with E-state index < -0.39 is 0 Å². The maximum absolute atomic E-state index is 9.08. The van der Waals surface area contributed by atoms with Crippen LogP contribution in [0.4, 0.5) is 5.82 Å². The number of imidazole rings is 1. The van der Waals surface area contributed by atoms with Crippen LogP contribution in [0.15, 0.2) is 49.1 Å². The summed E-state index contributed by atoms with van der Waals surface area (Å²) in [6, 6.07) is 11.5. The lowest BCUT2D eigenvalue weighted by molar-refractivity contribution is 1.04. The van der Waals surface area contributed by atoms with Gasteiger partial charge in [0.2, 0.25) is 0 Å². The van der Waals surface area contributed by atoms with Gasteiger partial charge in [0.1, 0.15) is 5.82 Å². The summed E-state index contributed by atoms with van der Waals surface area (Å²) in [5.41, 5.74) is 10.2. The van der Waals surface area contributed by atoms with Crippen molar-refractivity contribution < 1.29 is 0 Å². The number of rotatable bonds is 2. The molecule has 0 unspecified atom stereocenters. The summed E-state index contributed by atoms with van der Waals surface area (Å²) in [5.74, 6) is 0.452. The summed E-state index contributed by atoms with van der Waals surface area (Å²) in [4.78, 5) is 8.32. The fourth-order valence-corrected chi connectivity index (χ4v) is 2.26. The Morgan fingerprint density at radius 2 is 2.14 bits per heavy atom. The molecule has 2 aromatic heterocycles. The second-order valence-electron chi connectivity index (χ2n) is 4.70. The smallest absolute Gasteiger partial charge is 0.132 e. The molecule has 0 fully saturated rings. The first kappa shape index (κ1) is 12.9. The van der Waals surface area contributed by atoms with E-state index in [4.69, 9.17) is 11.0 Å². The molecule has 21 heavy (non-hydrogen) atoms. The van der Waals surface area contributed by atoms with E-state index in [1.807, 2.05) is 35.8 Å². The van der Waals surface area contributed by atoms with Gasteiger partial charge in [0.25, 0.3) is 0 Å². The average Bonchev–Trinajstić information content (AvgIpc) is 2.97. The SMILES string of the molecule is Cc1ccc(C#N)cc1-n1cncc1-c1cccnc1N. The van der Waals surface area contributed by atoms with Crippen LogP contribution in [-0.4, -0.2) is 14.5 Å². The topological polar surface area (TPSA) is 80.5 Å². The standard InChI is InChI=1S/C16H13N5/c1-11-4-5-12(8-17)7-14(11)21-10-19-9-15(21)13-3-2-6-20-16(13)18/h2-7,9-10H,1H3,(H2,18,20). The largest absolute Gasteiger partial charge is 0.383 e. The van der Waals surface area contributed by atoms with Gasteiger partial charge in [-0.05, 0) is 36.8 Å². The van der Waals surface area contributed by atoms with E-state index in [9.17, 15) is 0 Å². The quantitative estimate of drug-likeness (QED) is 0.779. The third-order valence-corrected chi connectivity index (χ3v) is 3.35. The van der Waals surface area contributed by atoms with Crippen LogP contribution in [0.25, 0.3) is 16.9 Å². The molecule has 0 radical (unpaired) electrons. The zero-order valence-electron chi connectivity index (χ0n) is 11.5. The van der Waals surface area contributed by atoms with Crippen molar-refractivity contribution in [1.82, 2.24) is 14.5 Å². The number of nitrogens with two attached hydrogens (primary N) is 1. The molecular formula is C16H13N5. The average molecular weight is 275 g/mol. The Balaban J connectivity index is 2.21. The monoisotopic (exact) mass is 275 g/mol. The van der Waals surface area contributed by atoms with Gasteiger partial charge >= 0.3 is 0 Å². The molecule has 0 aliphatic carbocycles. The highest BCUT2D eigenvalue weighted by Crippen LogP contribution is 2.27. The Morgan fingerprint density at radius 1 is 1.29 bits per heavy atom. The van der Waals surface area contributed by atoms with Crippen LogP contribution in [0.2, 0.25) is 0 Å². The Kier molecular flexibility index (Phi) is 3.13. The van der Waals surface area contributed by atoms with E-state index in [1.54, 1.807) is 24.8 Å².